The van der Waals surface area contributed by atoms with Gasteiger partial charge in [-0.3, -0.25) is 9.69 Å². The Morgan fingerprint density at radius 1 is 0.880 bits per heavy atom. The highest BCUT2D eigenvalue weighted by Crippen LogP contribution is 2.31. The molecule has 0 saturated carbocycles. The van der Waals surface area contributed by atoms with Gasteiger partial charge in [0.25, 0.3) is 11.7 Å². The number of carbonyl (C=O) groups is 3. The van der Waals surface area contributed by atoms with E-state index in [2.05, 4.69) is 15.0 Å². The molecule has 0 radical (unpaired) electrons. The molecule has 1 aromatic heterocycles. The molecule has 0 unspecified atom stereocenters. The number of nitrogens with zero attached hydrogens (tertiary/aromatic N) is 3. The molecule has 1 aliphatic heterocycles. The van der Waals surface area contributed by atoms with Crippen LogP contribution in [-0.4, -0.2) is 70.8 Å². The summed E-state index contributed by atoms with van der Waals surface area (Å²) < 4.78 is 40.7. The molecule has 13 heteroatoms. The molecule has 1 N–H and O–H groups in total. The fourth-order valence-corrected chi connectivity index (χ4v) is 5.58. The highest BCUT2D eigenvalue weighted by molar-refractivity contribution is 5.97. The van der Waals surface area contributed by atoms with Gasteiger partial charge in [0.05, 0.1) is 7.11 Å². The van der Waals surface area contributed by atoms with Gasteiger partial charge in [-0.2, -0.15) is 4.98 Å². The van der Waals surface area contributed by atoms with E-state index < -0.39 is 36.3 Å². The highest BCUT2D eigenvalue weighted by atomic mass is 19.1. The van der Waals surface area contributed by atoms with Gasteiger partial charge >= 0.3 is 12.3 Å². The van der Waals surface area contributed by atoms with Gasteiger partial charge in [0, 0.05) is 54.7 Å². The lowest BCUT2D eigenvalue weighted by atomic mass is 10.0. The molecular weight excluding hydrogens is 649 g/mol. The first-order chi connectivity index (χ1) is 24.2. The normalized spacial score (nSPS) is 14.0. The molecule has 2 heterocycles. The van der Waals surface area contributed by atoms with Gasteiger partial charge in [-0.1, -0.05) is 65.8 Å². The first-order valence-corrected chi connectivity index (χ1v) is 15.7. The number of methoxy groups -OCH3 is 1. The van der Waals surface area contributed by atoms with E-state index in [-0.39, 0.29) is 18.7 Å². The number of piperidine rings is 1. The zero-order valence-electron chi connectivity index (χ0n) is 26.9. The second-order valence-electron chi connectivity index (χ2n) is 11.5. The van der Waals surface area contributed by atoms with E-state index in [0.717, 1.165) is 11.1 Å². The summed E-state index contributed by atoms with van der Waals surface area (Å²) in [6.07, 6.45) is -2.71. The summed E-state index contributed by atoms with van der Waals surface area (Å²) in [6, 6.07) is 27.8. The van der Waals surface area contributed by atoms with E-state index in [1.807, 2.05) is 54.6 Å². The summed E-state index contributed by atoms with van der Waals surface area (Å²) in [4.78, 5) is 42.9. The molecule has 0 aliphatic carbocycles. The number of ether oxygens (including phenoxy) is 4. The van der Waals surface area contributed by atoms with Gasteiger partial charge < -0.3 is 28.6 Å². The van der Waals surface area contributed by atoms with Gasteiger partial charge in [0.15, 0.2) is 12.4 Å². The number of carboxylic acid groups (broad SMARTS) is 1. The van der Waals surface area contributed by atoms with Crippen molar-refractivity contribution in [2.24, 2.45) is 0 Å². The fourth-order valence-electron chi connectivity index (χ4n) is 5.58. The number of ketones is 1. The van der Waals surface area contributed by atoms with Gasteiger partial charge in [-0.05, 0) is 47.5 Å². The molecule has 0 bridgehead atoms. The Bertz CT molecular complexity index is 1960. The van der Waals surface area contributed by atoms with Crippen molar-refractivity contribution < 1.29 is 47.4 Å². The SMILES string of the molecule is COc1ccc(C(=O)COC(=O)OC2(OC(=O)O)CCN(Cc3ccc(-c4noc(-c5ccc(-c6ccccc6)c(F)c5)n4)cc3)CC2)cc1. The van der Waals surface area contributed by atoms with Gasteiger partial charge in [0.2, 0.25) is 5.82 Å². The van der Waals surface area contributed by atoms with Crippen LogP contribution in [0.1, 0.15) is 28.8 Å². The molecule has 0 amide bonds. The second kappa shape index (κ2) is 15.0. The third-order valence-electron chi connectivity index (χ3n) is 8.24. The van der Waals surface area contributed by atoms with Crippen LogP contribution in [0.4, 0.5) is 14.0 Å². The third kappa shape index (κ3) is 8.13. The summed E-state index contributed by atoms with van der Waals surface area (Å²) in [5.41, 5.74) is 3.67. The van der Waals surface area contributed by atoms with Crippen LogP contribution in [-0.2, 0) is 20.8 Å². The smallest absolute Gasteiger partial charge is 0.497 e. The molecule has 5 aromatic rings. The molecule has 1 fully saturated rings. The van der Waals surface area contributed by atoms with E-state index in [0.29, 0.717) is 53.5 Å². The van der Waals surface area contributed by atoms with Crippen LogP contribution < -0.4 is 4.74 Å². The van der Waals surface area contributed by atoms with E-state index in [1.54, 1.807) is 24.3 Å². The standard InChI is InChI=1S/C37H32FN3O9/c1-46-29-14-11-26(12-15-29)32(42)23-47-36(45)49-37(48-35(43)44)17-19-41(20-18-37)22-24-7-9-27(10-8-24)33-39-34(50-40-33)28-13-16-30(31(38)21-28)25-5-3-2-4-6-25/h2-16,21H,17-20,22-23H2,1H3,(H,43,44). The van der Waals surface area contributed by atoms with Crippen molar-refractivity contribution in [2.75, 3.05) is 26.8 Å². The number of hydrogen-bond donors (Lipinski definition) is 1. The van der Waals surface area contributed by atoms with Gasteiger partial charge in [-0.25, -0.2) is 14.0 Å². The maximum absolute atomic E-state index is 14.9. The predicted molar refractivity (Wildman–Crippen MR) is 177 cm³/mol. The molecule has 12 nitrogen and oxygen atoms in total. The first-order valence-electron chi connectivity index (χ1n) is 15.7. The molecule has 1 saturated heterocycles. The van der Waals surface area contributed by atoms with Crippen LogP contribution in [0.25, 0.3) is 34.0 Å². The summed E-state index contributed by atoms with van der Waals surface area (Å²) in [5.74, 6) is -1.51. The lowest BCUT2D eigenvalue weighted by Gasteiger charge is -2.38. The molecule has 256 valence electrons. The van der Waals surface area contributed by atoms with E-state index in [9.17, 15) is 23.9 Å². The van der Waals surface area contributed by atoms with Crippen LogP contribution in [0.5, 0.6) is 5.75 Å². The summed E-state index contributed by atoms with van der Waals surface area (Å²) in [7, 11) is 1.50. The fraction of sp³-hybridized carbons (Fsp3) is 0.216. The monoisotopic (exact) mass is 681 g/mol. The van der Waals surface area contributed by atoms with Crippen molar-refractivity contribution in [1.82, 2.24) is 15.0 Å². The highest BCUT2D eigenvalue weighted by Gasteiger charge is 2.43. The van der Waals surface area contributed by atoms with Crippen LogP contribution in [0.3, 0.4) is 0 Å². The van der Waals surface area contributed by atoms with Gasteiger partial charge in [0.1, 0.15) is 11.6 Å². The van der Waals surface area contributed by atoms with Crippen LogP contribution >= 0.6 is 0 Å². The van der Waals surface area contributed by atoms with Crippen LogP contribution in [0.2, 0.25) is 0 Å². The number of hydrogen-bond acceptors (Lipinski definition) is 11. The van der Waals surface area contributed by atoms with E-state index in [1.165, 1.54) is 25.3 Å². The lowest BCUT2D eigenvalue weighted by molar-refractivity contribution is -0.208. The van der Waals surface area contributed by atoms with Crippen molar-refractivity contribution >= 4 is 18.1 Å². The Hall–Kier alpha value is -6.08. The third-order valence-corrected chi connectivity index (χ3v) is 8.24. The Morgan fingerprint density at radius 2 is 1.58 bits per heavy atom. The van der Waals surface area contributed by atoms with Gasteiger partial charge in [-0.15, -0.1) is 0 Å². The molecule has 50 heavy (non-hydrogen) atoms. The molecular formula is C37H32FN3O9. The number of carbonyl (C=O) groups excluding carboxylic acids is 2. The average Bonchev–Trinajstić information content (AvgIpc) is 3.63. The Kier molecular flexibility index (Phi) is 10.1. The lowest BCUT2D eigenvalue weighted by Crippen LogP contribution is -2.49. The van der Waals surface area contributed by atoms with Crippen LogP contribution in [0.15, 0.2) is 102 Å². The zero-order chi connectivity index (χ0) is 35.1. The number of halogens is 1. The summed E-state index contributed by atoms with van der Waals surface area (Å²) >= 11 is 0. The van der Waals surface area contributed by atoms with Crippen molar-refractivity contribution in [2.45, 2.75) is 25.2 Å². The number of rotatable bonds is 11. The topological polar surface area (TPSA) is 151 Å². The molecule has 1 aliphatic rings. The minimum Gasteiger partial charge on any atom is -0.497 e. The maximum atomic E-state index is 14.9. The summed E-state index contributed by atoms with van der Waals surface area (Å²) in [6.45, 7) is 0.624. The van der Waals surface area contributed by atoms with Crippen molar-refractivity contribution in [3.05, 3.63) is 114 Å². The second-order valence-corrected chi connectivity index (χ2v) is 11.5. The molecule has 6 rings (SSSR count). The average molecular weight is 682 g/mol. The molecule has 0 atom stereocenters. The minimum absolute atomic E-state index is 0.0530. The Balaban J connectivity index is 1.02. The summed E-state index contributed by atoms with van der Waals surface area (Å²) in [5, 5.41) is 13.4. The minimum atomic E-state index is -1.76. The molecule has 4 aromatic carbocycles. The maximum Gasteiger partial charge on any atom is 0.512 e. The zero-order valence-corrected chi connectivity index (χ0v) is 26.9. The molecule has 0 spiro atoms. The Labute approximate surface area is 286 Å². The van der Waals surface area contributed by atoms with E-state index >= 15 is 0 Å². The number of aromatic nitrogens is 2. The first kappa shape index (κ1) is 33.8. The van der Waals surface area contributed by atoms with Crippen molar-refractivity contribution in [1.29, 1.82) is 0 Å². The van der Waals surface area contributed by atoms with Crippen molar-refractivity contribution in [3.63, 3.8) is 0 Å². The number of likely N-dealkylation sites (tertiary alicyclic amines) is 1. The quantitative estimate of drug-likeness (QED) is 0.0850. The number of Topliss-reactive ketones (excluding diaryl/α,β-unsaturated/α-hetero) is 1. The number of benzene rings is 4. The van der Waals surface area contributed by atoms with Crippen LogP contribution in [0, 0.1) is 5.82 Å². The van der Waals surface area contributed by atoms with E-state index in [4.69, 9.17) is 23.5 Å². The largest absolute Gasteiger partial charge is 0.512 e. The predicted octanol–water partition coefficient (Wildman–Crippen LogP) is 7.24. The Morgan fingerprint density at radius 3 is 2.24 bits per heavy atom. The van der Waals surface area contributed by atoms with Crippen molar-refractivity contribution in [3.8, 4) is 39.7 Å².